The number of ether oxygens (including phenoxy) is 1. The SMILES string of the molecule is CCOC1CC(NC(=O)N2CCCN(C(=O)C(C)C)CC2)C1. The molecule has 3 amide bonds. The minimum atomic E-state index is -0.00112. The molecule has 1 saturated carbocycles. The summed E-state index contributed by atoms with van der Waals surface area (Å²) in [7, 11) is 0. The van der Waals surface area contributed by atoms with Crippen LogP contribution in [0.3, 0.4) is 0 Å². The van der Waals surface area contributed by atoms with Gasteiger partial charge in [-0.25, -0.2) is 4.79 Å². The van der Waals surface area contributed by atoms with Gasteiger partial charge in [-0.1, -0.05) is 13.8 Å². The van der Waals surface area contributed by atoms with Crippen LogP contribution in [0.25, 0.3) is 0 Å². The first-order chi connectivity index (χ1) is 10.5. The van der Waals surface area contributed by atoms with Gasteiger partial charge in [-0.05, 0) is 26.2 Å². The van der Waals surface area contributed by atoms with Gasteiger partial charge < -0.3 is 19.9 Å². The Labute approximate surface area is 133 Å². The minimum absolute atomic E-state index is 0.00112. The number of nitrogens with zero attached hydrogens (tertiary/aromatic N) is 2. The van der Waals surface area contributed by atoms with Gasteiger partial charge in [0.1, 0.15) is 0 Å². The van der Waals surface area contributed by atoms with Gasteiger partial charge in [0.05, 0.1) is 6.10 Å². The molecule has 2 rings (SSSR count). The number of hydrogen-bond donors (Lipinski definition) is 1. The van der Waals surface area contributed by atoms with Crippen molar-refractivity contribution in [2.45, 2.75) is 52.2 Å². The molecule has 22 heavy (non-hydrogen) atoms. The molecule has 0 aromatic heterocycles. The number of urea groups is 1. The van der Waals surface area contributed by atoms with Crippen molar-refractivity contribution < 1.29 is 14.3 Å². The zero-order valence-corrected chi connectivity index (χ0v) is 14.0. The molecule has 0 atom stereocenters. The van der Waals surface area contributed by atoms with E-state index in [4.69, 9.17) is 4.74 Å². The van der Waals surface area contributed by atoms with E-state index in [0.717, 1.165) is 39.0 Å². The molecular formula is C16H29N3O3. The fraction of sp³-hybridized carbons (Fsp3) is 0.875. The molecule has 1 aliphatic carbocycles. The smallest absolute Gasteiger partial charge is 0.317 e. The van der Waals surface area contributed by atoms with Gasteiger partial charge in [-0.3, -0.25) is 4.79 Å². The summed E-state index contributed by atoms with van der Waals surface area (Å²) in [6.07, 6.45) is 2.97. The first kappa shape index (κ1) is 17.1. The summed E-state index contributed by atoms with van der Waals surface area (Å²) >= 11 is 0. The Hall–Kier alpha value is -1.30. The Kier molecular flexibility index (Phi) is 6.06. The van der Waals surface area contributed by atoms with E-state index in [0.29, 0.717) is 19.2 Å². The molecule has 1 heterocycles. The Balaban J connectivity index is 1.74. The maximum absolute atomic E-state index is 12.3. The first-order valence-corrected chi connectivity index (χ1v) is 8.47. The largest absolute Gasteiger partial charge is 0.378 e. The van der Waals surface area contributed by atoms with E-state index < -0.39 is 0 Å². The van der Waals surface area contributed by atoms with Gasteiger partial charge in [-0.15, -0.1) is 0 Å². The summed E-state index contributed by atoms with van der Waals surface area (Å²) in [5.41, 5.74) is 0. The number of nitrogens with one attached hydrogen (secondary N) is 1. The van der Waals surface area contributed by atoms with Gasteiger partial charge >= 0.3 is 6.03 Å². The van der Waals surface area contributed by atoms with Crippen LogP contribution in [0.2, 0.25) is 0 Å². The highest BCUT2D eigenvalue weighted by Crippen LogP contribution is 2.23. The predicted octanol–water partition coefficient (Wildman–Crippen LogP) is 1.45. The quantitative estimate of drug-likeness (QED) is 0.855. The average molecular weight is 311 g/mol. The molecule has 6 heteroatoms. The maximum atomic E-state index is 12.3. The Morgan fingerprint density at radius 1 is 1.14 bits per heavy atom. The summed E-state index contributed by atoms with van der Waals surface area (Å²) in [5.74, 6) is 0.201. The minimum Gasteiger partial charge on any atom is -0.378 e. The number of rotatable bonds is 4. The van der Waals surface area contributed by atoms with Crippen LogP contribution in [0.5, 0.6) is 0 Å². The van der Waals surface area contributed by atoms with Crippen LogP contribution in [0, 0.1) is 5.92 Å². The van der Waals surface area contributed by atoms with E-state index in [1.807, 2.05) is 30.6 Å². The highest BCUT2D eigenvalue weighted by molar-refractivity contribution is 5.78. The second-order valence-electron chi connectivity index (χ2n) is 6.52. The second-order valence-corrected chi connectivity index (χ2v) is 6.52. The molecule has 1 aliphatic heterocycles. The molecule has 0 aromatic rings. The van der Waals surface area contributed by atoms with Crippen LogP contribution >= 0.6 is 0 Å². The van der Waals surface area contributed by atoms with Crippen LogP contribution < -0.4 is 5.32 Å². The van der Waals surface area contributed by atoms with Crippen LogP contribution in [0.1, 0.15) is 40.0 Å². The van der Waals surface area contributed by atoms with Gasteiger partial charge in [0.2, 0.25) is 5.91 Å². The van der Waals surface area contributed by atoms with Gasteiger partial charge in [-0.2, -0.15) is 0 Å². The lowest BCUT2D eigenvalue weighted by Gasteiger charge is -2.36. The van der Waals surface area contributed by atoms with Crippen molar-refractivity contribution in [1.82, 2.24) is 15.1 Å². The summed E-state index contributed by atoms with van der Waals surface area (Å²) in [6.45, 7) is 9.28. The molecule has 0 radical (unpaired) electrons. The molecule has 0 bridgehead atoms. The number of hydrogen-bond acceptors (Lipinski definition) is 3. The molecule has 2 aliphatic rings. The third-order valence-electron chi connectivity index (χ3n) is 4.41. The van der Waals surface area contributed by atoms with Gasteiger partial charge in [0.25, 0.3) is 0 Å². The van der Waals surface area contributed by atoms with E-state index >= 15 is 0 Å². The topological polar surface area (TPSA) is 61.9 Å². The number of amides is 3. The standard InChI is InChI=1S/C16H29N3O3/c1-4-22-14-10-13(11-14)17-16(21)19-7-5-6-18(8-9-19)15(20)12(2)3/h12-14H,4-11H2,1-3H3,(H,17,21). The van der Waals surface area contributed by atoms with Crippen molar-refractivity contribution in [2.24, 2.45) is 5.92 Å². The normalized spacial score (nSPS) is 25.6. The molecule has 126 valence electrons. The molecule has 0 spiro atoms. The zero-order valence-electron chi connectivity index (χ0n) is 14.0. The molecule has 6 nitrogen and oxygen atoms in total. The summed E-state index contributed by atoms with van der Waals surface area (Å²) in [6, 6.07) is 0.236. The highest BCUT2D eigenvalue weighted by atomic mass is 16.5. The van der Waals surface area contributed by atoms with Gasteiger partial charge in [0, 0.05) is 44.7 Å². The van der Waals surface area contributed by atoms with E-state index in [-0.39, 0.29) is 23.9 Å². The summed E-state index contributed by atoms with van der Waals surface area (Å²) in [4.78, 5) is 28.1. The van der Waals surface area contributed by atoms with E-state index in [9.17, 15) is 9.59 Å². The Bertz CT molecular complexity index is 394. The third kappa shape index (κ3) is 4.35. The van der Waals surface area contributed by atoms with E-state index in [2.05, 4.69) is 5.32 Å². The van der Waals surface area contributed by atoms with Crippen LogP contribution in [-0.4, -0.2) is 66.7 Å². The fourth-order valence-electron chi connectivity index (χ4n) is 3.03. The molecule has 1 saturated heterocycles. The van der Waals surface area contributed by atoms with Crippen molar-refractivity contribution in [1.29, 1.82) is 0 Å². The summed E-state index contributed by atoms with van der Waals surface area (Å²) < 4.78 is 5.51. The first-order valence-electron chi connectivity index (χ1n) is 8.47. The van der Waals surface area contributed by atoms with Crippen LogP contribution in [0.4, 0.5) is 4.79 Å². The van der Waals surface area contributed by atoms with Crippen molar-refractivity contribution in [3.05, 3.63) is 0 Å². The predicted molar refractivity (Wildman–Crippen MR) is 84.6 cm³/mol. The lowest BCUT2D eigenvalue weighted by Crippen LogP contribution is -2.52. The van der Waals surface area contributed by atoms with Crippen molar-refractivity contribution in [3.8, 4) is 0 Å². The number of carbonyl (C=O) groups excluding carboxylic acids is 2. The second kappa shape index (κ2) is 7.81. The van der Waals surface area contributed by atoms with Crippen LogP contribution in [-0.2, 0) is 9.53 Å². The molecule has 2 fully saturated rings. The van der Waals surface area contributed by atoms with Gasteiger partial charge in [0.15, 0.2) is 0 Å². The maximum Gasteiger partial charge on any atom is 0.317 e. The summed E-state index contributed by atoms with van der Waals surface area (Å²) in [5, 5.41) is 3.07. The lowest BCUT2D eigenvalue weighted by atomic mass is 9.89. The zero-order chi connectivity index (χ0) is 16.1. The third-order valence-corrected chi connectivity index (χ3v) is 4.41. The highest BCUT2D eigenvalue weighted by Gasteiger charge is 2.32. The Morgan fingerprint density at radius 2 is 1.77 bits per heavy atom. The van der Waals surface area contributed by atoms with Crippen molar-refractivity contribution >= 4 is 11.9 Å². The molecule has 0 unspecified atom stereocenters. The molecular weight excluding hydrogens is 282 g/mol. The van der Waals surface area contributed by atoms with E-state index in [1.54, 1.807) is 0 Å². The number of carbonyl (C=O) groups is 2. The van der Waals surface area contributed by atoms with Crippen LogP contribution in [0.15, 0.2) is 0 Å². The molecule has 1 N–H and O–H groups in total. The Morgan fingerprint density at radius 3 is 2.41 bits per heavy atom. The monoisotopic (exact) mass is 311 g/mol. The molecule has 0 aromatic carbocycles. The fourth-order valence-corrected chi connectivity index (χ4v) is 3.03. The lowest BCUT2D eigenvalue weighted by molar-refractivity contribution is -0.134. The van der Waals surface area contributed by atoms with Crippen molar-refractivity contribution in [2.75, 3.05) is 32.8 Å². The van der Waals surface area contributed by atoms with Crippen molar-refractivity contribution in [3.63, 3.8) is 0 Å². The average Bonchev–Trinajstić information content (AvgIpc) is 2.69. The van der Waals surface area contributed by atoms with E-state index in [1.165, 1.54) is 0 Å².